The van der Waals surface area contributed by atoms with Crippen molar-refractivity contribution in [2.45, 2.75) is 12.8 Å². The van der Waals surface area contributed by atoms with Gasteiger partial charge in [0.1, 0.15) is 12.4 Å². The van der Waals surface area contributed by atoms with Crippen LogP contribution in [0.15, 0.2) is 4.52 Å². The van der Waals surface area contributed by atoms with Gasteiger partial charge in [0.2, 0.25) is 0 Å². The summed E-state index contributed by atoms with van der Waals surface area (Å²) in [4.78, 5) is 3.85. The highest BCUT2D eigenvalue weighted by Crippen LogP contribution is 1.96. The first kappa shape index (κ1) is 10.3. The first-order valence-electron chi connectivity index (χ1n) is 3.59. The number of nitrogens with zero attached hydrogens (tertiary/aromatic N) is 1. The molecule has 1 N–H and O–H groups in total. The molecule has 13 heavy (non-hydrogen) atoms. The smallest absolute Gasteiger partial charge is 0.314 e. The Labute approximate surface area is 77.9 Å². The first-order chi connectivity index (χ1) is 6.18. The van der Waals surface area contributed by atoms with Crippen molar-refractivity contribution in [3.05, 3.63) is 10.7 Å². The van der Waals surface area contributed by atoms with Crippen molar-refractivity contribution < 1.29 is 18.0 Å². The molecule has 0 bridgehead atoms. The molecule has 0 aromatic carbocycles. The van der Waals surface area contributed by atoms with Gasteiger partial charge in [0.25, 0.3) is 6.43 Å². The number of rotatable bonds is 5. The van der Waals surface area contributed by atoms with Crippen LogP contribution in [-0.4, -0.2) is 29.8 Å². The van der Waals surface area contributed by atoms with Gasteiger partial charge in [-0.2, -0.15) is 4.98 Å². The molecule has 0 aliphatic carbocycles. The summed E-state index contributed by atoms with van der Waals surface area (Å²) in [5, 5.41) is 2.44. The molecule has 0 unspecified atom stereocenters. The van der Waals surface area contributed by atoms with E-state index < -0.39 is 13.0 Å². The van der Waals surface area contributed by atoms with Crippen LogP contribution in [0.2, 0.25) is 0 Å². The van der Waals surface area contributed by atoms with Crippen molar-refractivity contribution in [2.75, 3.05) is 13.2 Å². The van der Waals surface area contributed by atoms with Crippen LogP contribution < -0.4 is 0 Å². The number of halogens is 2. The summed E-state index contributed by atoms with van der Waals surface area (Å²) < 4.78 is 32.4. The second kappa shape index (κ2) is 5.03. The fraction of sp³-hybridized carbons (Fsp3) is 0.667. The summed E-state index contributed by atoms with van der Waals surface area (Å²) in [7, 11) is 0. The molecule has 1 aromatic heterocycles. The van der Waals surface area contributed by atoms with E-state index >= 15 is 0 Å². The van der Waals surface area contributed by atoms with Gasteiger partial charge >= 0.3 is 4.84 Å². The van der Waals surface area contributed by atoms with Gasteiger partial charge in [0.15, 0.2) is 0 Å². The van der Waals surface area contributed by atoms with Gasteiger partial charge in [-0.25, -0.2) is 13.9 Å². The number of alkyl halides is 2. The fourth-order valence-electron chi connectivity index (χ4n) is 0.707. The van der Waals surface area contributed by atoms with Crippen LogP contribution in [0, 0.1) is 4.84 Å². The normalized spacial score (nSPS) is 11.0. The van der Waals surface area contributed by atoms with Crippen LogP contribution in [0.5, 0.6) is 0 Å². The lowest BCUT2D eigenvalue weighted by molar-refractivity contribution is 0.0182. The van der Waals surface area contributed by atoms with Crippen LogP contribution in [-0.2, 0) is 11.2 Å². The molecule has 1 aromatic rings. The molecule has 74 valence electrons. The molecule has 0 aliphatic heterocycles. The molecule has 0 atom stereocenters. The van der Waals surface area contributed by atoms with Gasteiger partial charge < -0.3 is 9.26 Å². The summed E-state index contributed by atoms with van der Waals surface area (Å²) in [6, 6.07) is 0. The molecule has 0 aliphatic rings. The van der Waals surface area contributed by atoms with E-state index in [1.54, 1.807) is 0 Å². The summed E-state index contributed by atoms with van der Waals surface area (Å²) in [6.45, 7) is -0.388. The molecule has 4 nitrogen and oxygen atoms in total. The van der Waals surface area contributed by atoms with E-state index in [9.17, 15) is 8.78 Å². The molecule has 0 spiro atoms. The third-order valence-electron chi connectivity index (χ3n) is 1.21. The van der Waals surface area contributed by atoms with E-state index in [1.165, 1.54) is 0 Å². The average molecular weight is 210 g/mol. The Kier molecular flexibility index (Phi) is 3.97. The Morgan fingerprint density at radius 3 is 2.92 bits per heavy atom. The number of aromatic nitrogens is 2. The number of hydrogen-bond donors (Lipinski definition) is 1. The number of nitrogens with one attached hydrogen (secondary N) is 1. The van der Waals surface area contributed by atoms with Crippen LogP contribution in [0.3, 0.4) is 0 Å². The Morgan fingerprint density at radius 2 is 2.38 bits per heavy atom. The van der Waals surface area contributed by atoms with E-state index in [-0.39, 0.29) is 11.4 Å². The summed E-state index contributed by atoms with van der Waals surface area (Å²) in [5.41, 5.74) is 0. The van der Waals surface area contributed by atoms with Crippen LogP contribution >= 0.6 is 12.2 Å². The van der Waals surface area contributed by atoms with Crippen LogP contribution in [0.1, 0.15) is 5.82 Å². The SMILES string of the molecule is FC(F)COCCc1nc(=S)o[nH]1. The lowest BCUT2D eigenvalue weighted by Gasteiger charge is -1.99. The van der Waals surface area contributed by atoms with Crippen molar-refractivity contribution >= 4 is 12.2 Å². The lowest BCUT2D eigenvalue weighted by atomic mass is 10.4. The molecule has 0 fully saturated rings. The molecule has 0 saturated heterocycles. The highest BCUT2D eigenvalue weighted by molar-refractivity contribution is 7.71. The van der Waals surface area contributed by atoms with Crippen molar-refractivity contribution in [3.63, 3.8) is 0 Å². The Balaban J connectivity index is 2.17. The standard InChI is InChI=1S/C6H8F2N2O2S/c7-4(8)3-11-2-1-5-9-6(13)12-10-5/h4H,1-3H2,(H,9,10,13). The Bertz CT molecular complexity index is 299. The number of H-pyrrole nitrogens is 1. The van der Waals surface area contributed by atoms with Gasteiger partial charge in [-0.05, 0) is 12.2 Å². The van der Waals surface area contributed by atoms with Crippen molar-refractivity contribution in [2.24, 2.45) is 0 Å². The first-order valence-corrected chi connectivity index (χ1v) is 3.99. The zero-order valence-corrected chi connectivity index (χ0v) is 7.44. The predicted molar refractivity (Wildman–Crippen MR) is 42.2 cm³/mol. The topological polar surface area (TPSA) is 51.1 Å². The summed E-state index contributed by atoms with van der Waals surface area (Å²) in [5.74, 6) is 0.499. The van der Waals surface area contributed by atoms with Gasteiger partial charge in [-0.15, -0.1) is 0 Å². The largest absolute Gasteiger partial charge is 0.375 e. The maximum Gasteiger partial charge on any atom is 0.314 e. The van der Waals surface area contributed by atoms with Crippen molar-refractivity contribution in [3.8, 4) is 0 Å². The van der Waals surface area contributed by atoms with E-state index in [2.05, 4.69) is 31.6 Å². The van der Waals surface area contributed by atoms with Crippen molar-refractivity contribution in [1.82, 2.24) is 10.1 Å². The highest BCUT2D eigenvalue weighted by atomic mass is 32.1. The van der Waals surface area contributed by atoms with Gasteiger partial charge in [-0.1, -0.05) is 0 Å². The monoisotopic (exact) mass is 210 g/mol. The predicted octanol–water partition coefficient (Wildman–Crippen LogP) is 1.56. The van der Waals surface area contributed by atoms with Crippen LogP contribution in [0.25, 0.3) is 0 Å². The minimum absolute atomic E-state index is 0.101. The van der Waals surface area contributed by atoms with Gasteiger partial charge in [0, 0.05) is 6.42 Å². The summed E-state index contributed by atoms with van der Waals surface area (Å²) in [6.07, 6.45) is -2.05. The van der Waals surface area contributed by atoms with Gasteiger partial charge in [0.05, 0.1) is 6.61 Å². The minimum Gasteiger partial charge on any atom is -0.375 e. The zero-order chi connectivity index (χ0) is 9.68. The second-order valence-corrected chi connectivity index (χ2v) is 2.59. The number of hydrogen-bond acceptors (Lipinski definition) is 4. The fourth-order valence-corrected chi connectivity index (χ4v) is 0.858. The zero-order valence-electron chi connectivity index (χ0n) is 6.63. The Hall–Kier alpha value is -0.820. The minimum atomic E-state index is -2.43. The van der Waals surface area contributed by atoms with Crippen LogP contribution in [0.4, 0.5) is 8.78 Å². The number of ether oxygens (including phenoxy) is 1. The third kappa shape index (κ3) is 4.09. The maximum absolute atomic E-state index is 11.6. The maximum atomic E-state index is 11.6. The molecule has 1 heterocycles. The molecule has 7 heteroatoms. The average Bonchev–Trinajstić information content (AvgIpc) is 2.45. The van der Waals surface area contributed by atoms with E-state index in [1.807, 2.05) is 0 Å². The van der Waals surface area contributed by atoms with E-state index in [0.717, 1.165) is 0 Å². The van der Waals surface area contributed by atoms with E-state index in [0.29, 0.717) is 12.2 Å². The van der Waals surface area contributed by atoms with E-state index in [4.69, 9.17) is 0 Å². The molecule has 1 rings (SSSR count). The molecule has 0 amide bonds. The number of aromatic amines is 1. The van der Waals surface area contributed by atoms with Crippen molar-refractivity contribution in [1.29, 1.82) is 0 Å². The Morgan fingerprint density at radius 1 is 1.62 bits per heavy atom. The quantitative estimate of drug-likeness (QED) is 0.591. The molecular weight excluding hydrogens is 202 g/mol. The molecular formula is C6H8F2N2O2S. The summed E-state index contributed by atoms with van der Waals surface area (Å²) >= 11 is 4.58. The van der Waals surface area contributed by atoms with Gasteiger partial charge in [-0.3, -0.25) is 0 Å². The second-order valence-electron chi connectivity index (χ2n) is 2.24. The highest BCUT2D eigenvalue weighted by Gasteiger charge is 2.02. The third-order valence-corrected chi connectivity index (χ3v) is 1.38. The molecule has 0 radical (unpaired) electrons. The lowest BCUT2D eigenvalue weighted by Crippen LogP contribution is -2.07. The molecule has 0 saturated carbocycles.